The van der Waals surface area contributed by atoms with Crippen LogP contribution in [0, 0.1) is 5.82 Å². The number of halogens is 1. The Morgan fingerprint density at radius 3 is 2.71 bits per heavy atom. The number of aliphatic hydroxyl groups is 1. The fraction of sp³-hybridized carbons (Fsp3) is 0.455. The van der Waals surface area contributed by atoms with Crippen LogP contribution in [-0.2, 0) is 5.41 Å². The first-order valence-electron chi connectivity index (χ1n) is 4.69. The molecule has 1 atom stereocenters. The van der Waals surface area contributed by atoms with E-state index < -0.39 is 5.41 Å². The van der Waals surface area contributed by atoms with Crippen LogP contribution >= 0.6 is 0 Å². The molecule has 3 N–H and O–H groups in total. The van der Waals surface area contributed by atoms with E-state index in [9.17, 15) is 9.50 Å². The minimum Gasteiger partial charge on any atom is -0.395 e. The Kier molecular flexibility index (Phi) is 3.61. The molecular formula is C11H16FNO. The third-order valence-electron chi connectivity index (χ3n) is 2.57. The number of rotatable bonds is 4. The van der Waals surface area contributed by atoms with Gasteiger partial charge in [0.15, 0.2) is 0 Å². The van der Waals surface area contributed by atoms with E-state index in [1.165, 1.54) is 12.1 Å². The van der Waals surface area contributed by atoms with Crippen LogP contribution in [0.1, 0.15) is 18.9 Å². The number of hydrogen-bond donors (Lipinski definition) is 2. The van der Waals surface area contributed by atoms with Crippen molar-refractivity contribution in [3.05, 3.63) is 35.6 Å². The molecule has 1 aromatic rings. The molecule has 0 spiro atoms. The molecule has 0 saturated heterocycles. The summed E-state index contributed by atoms with van der Waals surface area (Å²) in [5, 5.41) is 9.28. The smallest absolute Gasteiger partial charge is 0.123 e. The normalized spacial score (nSPS) is 15.1. The van der Waals surface area contributed by atoms with E-state index in [1.807, 2.05) is 13.0 Å². The average Bonchev–Trinajstić information content (AvgIpc) is 2.18. The molecule has 0 bridgehead atoms. The fourth-order valence-corrected chi connectivity index (χ4v) is 1.50. The summed E-state index contributed by atoms with van der Waals surface area (Å²) in [6.45, 7) is 2.34. The van der Waals surface area contributed by atoms with Crippen LogP contribution < -0.4 is 5.73 Å². The van der Waals surface area contributed by atoms with Gasteiger partial charge in [0.1, 0.15) is 5.82 Å². The lowest BCUT2D eigenvalue weighted by Gasteiger charge is -2.27. The van der Waals surface area contributed by atoms with Crippen molar-refractivity contribution in [3.63, 3.8) is 0 Å². The molecule has 0 saturated carbocycles. The number of aliphatic hydroxyl groups excluding tert-OH is 1. The van der Waals surface area contributed by atoms with Crippen LogP contribution in [0.4, 0.5) is 4.39 Å². The van der Waals surface area contributed by atoms with Crippen molar-refractivity contribution in [2.24, 2.45) is 5.73 Å². The largest absolute Gasteiger partial charge is 0.395 e. The Balaban J connectivity index is 2.99. The first kappa shape index (κ1) is 11.1. The van der Waals surface area contributed by atoms with E-state index in [0.29, 0.717) is 13.0 Å². The minimum atomic E-state index is -0.434. The van der Waals surface area contributed by atoms with Crippen molar-refractivity contribution in [3.8, 4) is 0 Å². The van der Waals surface area contributed by atoms with E-state index in [4.69, 9.17) is 5.73 Å². The summed E-state index contributed by atoms with van der Waals surface area (Å²) in [6.07, 6.45) is 0.646. The van der Waals surface area contributed by atoms with Crippen molar-refractivity contribution in [1.29, 1.82) is 0 Å². The molecule has 3 heteroatoms. The molecule has 2 nitrogen and oxygen atoms in total. The summed E-state index contributed by atoms with van der Waals surface area (Å²) in [4.78, 5) is 0. The lowest BCUT2D eigenvalue weighted by molar-refractivity contribution is 0.198. The Labute approximate surface area is 83.6 Å². The van der Waals surface area contributed by atoms with Gasteiger partial charge in [0.2, 0.25) is 0 Å². The Bertz CT molecular complexity index is 303. The maximum Gasteiger partial charge on any atom is 0.123 e. The van der Waals surface area contributed by atoms with Gasteiger partial charge in [-0.25, -0.2) is 4.39 Å². The standard InChI is InChI=1S/C11H16FNO/c1-11(8-14,5-6-13)9-3-2-4-10(12)7-9/h2-4,7,14H,5-6,8,13H2,1H3. The number of benzene rings is 1. The zero-order valence-electron chi connectivity index (χ0n) is 8.33. The second kappa shape index (κ2) is 4.53. The summed E-state index contributed by atoms with van der Waals surface area (Å²) >= 11 is 0. The van der Waals surface area contributed by atoms with Gasteiger partial charge < -0.3 is 10.8 Å². The third kappa shape index (κ3) is 2.30. The minimum absolute atomic E-state index is 0.0202. The summed E-state index contributed by atoms with van der Waals surface area (Å²) in [5.41, 5.74) is 5.82. The summed E-state index contributed by atoms with van der Waals surface area (Å²) in [5.74, 6) is -0.279. The van der Waals surface area contributed by atoms with E-state index >= 15 is 0 Å². The molecule has 78 valence electrons. The van der Waals surface area contributed by atoms with Crippen LogP contribution in [-0.4, -0.2) is 18.3 Å². The van der Waals surface area contributed by atoms with Gasteiger partial charge in [-0.3, -0.25) is 0 Å². The quantitative estimate of drug-likeness (QED) is 0.767. The topological polar surface area (TPSA) is 46.2 Å². The van der Waals surface area contributed by atoms with Crippen molar-refractivity contribution in [2.45, 2.75) is 18.8 Å². The van der Waals surface area contributed by atoms with Crippen LogP contribution in [0.15, 0.2) is 24.3 Å². The number of nitrogens with two attached hydrogens (primary N) is 1. The molecule has 0 aliphatic carbocycles. The monoisotopic (exact) mass is 197 g/mol. The van der Waals surface area contributed by atoms with E-state index in [0.717, 1.165) is 5.56 Å². The van der Waals surface area contributed by atoms with Gasteiger partial charge in [-0.2, -0.15) is 0 Å². The molecule has 0 amide bonds. The first-order chi connectivity index (χ1) is 6.62. The molecule has 0 aliphatic heterocycles. The molecule has 14 heavy (non-hydrogen) atoms. The van der Waals surface area contributed by atoms with Crippen LogP contribution in [0.3, 0.4) is 0 Å². The van der Waals surface area contributed by atoms with Crippen molar-refractivity contribution >= 4 is 0 Å². The van der Waals surface area contributed by atoms with Crippen LogP contribution in [0.5, 0.6) is 0 Å². The van der Waals surface area contributed by atoms with Gasteiger partial charge in [0.05, 0.1) is 6.61 Å². The average molecular weight is 197 g/mol. The second-order valence-corrected chi connectivity index (χ2v) is 3.77. The molecule has 0 heterocycles. The highest BCUT2D eigenvalue weighted by Crippen LogP contribution is 2.26. The molecule has 1 aromatic carbocycles. The van der Waals surface area contributed by atoms with Gasteiger partial charge in [-0.05, 0) is 30.7 Å². The first-order valence-corrected chi connectivity index (χ1v) is 4.69. The zero-order valence-corrected chi connectivity index (χ0v) is 8.33. The molecular weight excluding hydrogens is 181 g/mol. The molecule has 0 aromatic heterocycles. The summed E-state index contributed by atoms with van der Waals surface area (Å²) < 4.78 is 13.0. The van der Waals surface area contributed by atoms with Gasteiger partial charge >= 0.3 is 0 Å². The van der Waals surface area contributed by atoms with E-state index in [2.05, 4.69) is 0 Å². The molecule has 0 fully saturated rings. The second-order valence-electron chi connectivity index (χ2n) is 3.77. The van der Waals surface area contributed by atoms with E-state index in [-0.39, 0.29) is 12.4 Å². The maximum absolute atomic E-state index is 13.0. The highest BCUT2D eigenvalue weighted by molar-refractivity contribution is 5.25. The summed E-state index contributed by atoms with van der Waals surface area (Å²) in [7, 11) is 0. The van der Waals surface area contributed by atoms with Crippen molar-refractivity contribution < 1.29 is 9.50 Å². The van der Waals surface area contributed by atoms with Gasteiger partial charge in [0.25, 0.3) is 0 Å². The maximum atomic E-state index is 13.0. The van der Waals surface area contributed by atoms with Gasteiger partial charge in [0, 0.05) is 5.41 Å². The lowest BCUT2D eigenvalue weighted by Crippen LogP contribution is -2.29. The fourth-order valence-electron chi connectivity index (χ4n) is 1.50. The highest BCUT2D eigenvalue weighted by Gasteiger charge is 2.24. The molecule has 1 unspecified atom stereocenters. The Hall–Kier alpha value is -0.930. The van der Waals surface area contributed by atoms with Gasteiger partial charge in [-0.15, -0.1) is 0 Å². The summed E-state index contributed by atoms with van der Waals surface area (Å²) in [6, 6.07) is 6.31. The van der Waals surface area contributed by atoms with Crippen LogP contribution in [0.2, 0.25) is 0 Å². The highest BCUT2D eigenvalue weighted by atomic mass is 19.1. The molecule has 1 rings (SSSR count). The lowest BCUT2D eigenvalue weighted by atomic mass is 9.80. The van der Waals surface area contributed by atoms with Crippen molar-refractivity contribution in [2.75, 3.05) is 13.2 Å². The number of hydrogen-bond acceptors (Lipinski definition) is 2. The zero-order chi connectivity index (χ0) is 10.6. The van der Waals surface area contributed by atoms with Gasteiger partial charge in [-0.1, -0.05) is 19.1 Å². The Morgan fingerprint density at radius 1 is 1.50 bits per heavy atom. The predicted molar refractivity (Wildman–Crippen MR) is 54.5 cm³/mol. The SMILES string of the molecule is CC(CO)(CCN)c1cccc(F)c1. The molecule has 0 aliphatic rings. The third-order valence-corrected chi connectivity index (χ3v) is 2.57. The molecule has 0 radical (unpaired) electrons. The predicted octanol–water partition coefficient (Wildman–Crippen LogP) is 1.42. The van der Waals surface area contributed by atoms with Crippen molar-refractivity contribution in [1.82, 2.24) is 0 Å². The van der Waals surface area contributed by atoms with Crippen LogP contribution in [0.25, 0.3) is 0 Å². The Morgan fingerprint density at radius 2 is 2.21 bits per heavy atom. The van der Waals surface area contributed by atoms with E-state index in [1.54, 1.807) is 6.07 Å².